The van der Waals surface area contributed by atoms with Crippen LogP contribution in [0.25, 0.3) is 0 Å². The Morgan fingerprint density at radius 2 is 2.15 bits per heavy atom. The molecule has 3 unspecified atom stereocenters. The molecule has 1 N–H and O–H groups in total. The number of carbonyl (C=O) groups is 3. The summed E-state index contributed by atoms with van der Waals surface area (Å²) in [6.07, 6.45) is -0.539. The summed E-state index contributed by atoms with van der Waals surface area (Å²) < 4.78 is 5.43. The molecular weight excluding hydrogens is 360 g/mol. The highest BCUT2D eigenvalue weighted by Crippen LogP contribution is 2.39. The van der Waals surface area contributed by atoms with Gasteiger partial charge in [-0.2, -0.15) is 0 Å². The minimum absolute atomic E-state index is 0.0938. The zero-order chi connectivity index (χ0) is 18.8. The van der Waals surface area contributed by atoms with E-state index in [0.717, 1.165) is 5.56 Å². The zero-order valence-electron chi connectivity index (χ0n) is 14.4. The maximum absolute atomic E-state index is 13.1. The molecule has 2 heterocycles. The van der Waals surface area contributed by atoms with Crippen LogP contribution < -0.4 is 0 Å². The molecular formula is C18H21ClN2O5. The third kappa shape index (κ3) is 3.83. The molecule has 2 fully saturated rings. The zero-order valence-corrected chi connectivity index (χ0v) is 15.2. The number of rotatable bonds is 4. The summed E-state index contributed by atoms with van der Waals surface area (Å²) in [6.45, 7) is 0.912. The average molecular weight is 381 g/mol. The third-order valence-electron chi connectivity index (χ3n) is 4.95. The van der Waals surface area contributed by atoms with Gasteiger partial charge in [-0.15, -0.1) is 0 Å². The number of likely N-dealkylation sites (tertiary alicyclic amines) is 1. The van der Waals surface area contributed by atoms with Crippen molar-refractivity contribution in [3.8, 4) is 0 Å². The van der Waals surface area contributed by atoms with E-state index in [-0.39, 0.29) is 37.2 Å². The van der Waals surface area contributed by atoms with Gasteiger partial charge in [0, 0.05) is 31.6 Å². The van der Waals surface area contributed by atoms with Crippen LogP contribution in [0, 0.1) is 5.92 Å². The van der Waals surface area contributed by atoms with Crippen molar-refractivity contribution in [2.45, 2.75) is 25.0 Å². The number of hydrogen-bond donors (Lipinski definition) is 1. The van der Waals surface area contributed by atoms with E-state index in [1.54, 1.807) is 35.0 Å². The maximum atomic E-state index is 13.1. The van der Waals surface area contributed by atoms with Crippen LogP contribution in [0.2, 0.25) is 5.02 Å². The summed E-state index contributed by atoms with van der Waals surface area (Å²) in [5.74, 6) is -1.72. The van der Waals surface area contributed by atoms with E-state index in [1.165, 1.54) is 0 Å². The number of halogens is 1. The van der Waals surface area contributed by atoms with Crippen molar-refractivity contribution >= 4 is 29.4 Å². The van der Waals surface area contributed by atoms with E-state index in [9.17, 15) is 14.4 Å². The predicted molar refractivity (Wildman–Crippen MR) is 93.6 cm³/mol. The molecule has 0 saturated carbocycles. The normalized spacial score (nSPS) is 26.2. The van der Waals surface area contributed by atoms with Gasteiger partial charge >= 0.3 is 5.97 Å². The predicted octanol–water partition coefficient (Wildman–Crippen LogP) is 1.56. The van der Waals surface area contributed by atoms with E-state index >= 15 is 0 Å². The fourth-order valence-electron chi connectivity index (χ4n) is 3.71. The number of carboxylic acids is 1. The van der Waals surface area contributed by atoms with Crippen LogP contribution >= 0.6 is 11.6 Å². The standard InChI is InChI=1S/C18H21ClN2O5/c1-20-15(22)9-14(17(20)11-3-2-4-12(19)7-11)18(25)21-5-6-26-13(10-21)8-16(23)24/h2-4,7,13-14,17H,5-6,8-10H2,1H3,(H,23,24). The van der Waals surface area contributed by atoms with Gasteiger partial charge in [0.15, 0.2) is 0 Å². The van der Waals surface area contributed by atoms with Crippen LogP contribution in [0.15, 0.2) is 24.3 Å². The number of carbonyl (C=O) groups excluding carboxylic acids is 2. The number of amides is 2. The topological polar surface area (TPSA) is 87.2 Å². The van der Waals surface area contributed by atoms with Gasteiger partial charge in [0.25, 0.3) is 0 Å². The van der Waals surface area contributed by atoms with Crippen molar-refractivity contribution in [1.82, 2.24) is 9.80 Å². The molecule has 8 heteroatoms. The number of benzene rings is 1. The molecule has 0 radical (unpaired) electrons. The molecule has 2 aliphatic heterocycles. The summed E-state index contributed by atoms with van der Waals surface area (Å²) in [6, 6.07) is 6.80. The Labute approximate surface area is 156 Å². The summed E-state index contributed by atoms with van der Waals surface area (Å²) in [7, 11) is 1.69. The Balaban J connectivity index is 1.80. The average Bonchev–Trinajstić information content (AvgIpc) is 2.89. The number of hydrogen-bond acceptors (Lipinski definition) is 4. The van der Waals surface area contributed by atoms with E-state index in [2.05, 4.69) is 0 Å². The molecule has 2 amide bonds. The summed E-state index contributed by atoms with van der Waals surface area (Å²) >= 11 is 6.08. The molecule has 140 valence electrons. The fourth-order valence-corrected chi connectivity index (χ4v) is 3.91. The van der Waals surface area contributed by atoms with Gasteiger partial charge in [-0.25, -0.2) is 0 Å². The molecule has 7 nitrogen and oxygen atoms in total. The molecule has 0 aromatic heterocycles. The molecule has 2 saturated heterocycles. The van der Waals surface area contributed by atoms with Gasteiger partial charge < -0.3 is 19.6 Å². The SMILES string of the molecule is CN1C(=O)CC(C(=O)N2CCOC(CC(=O)O)C2)C1c1cccc(Cl)c1. The summed E-state index contributed by atoms with van der Waals surface area (Å²) in [5, 5.41) is 9.49. The Hall–Kier alpha value is -2.12. The lowest BCUT2D eigenvalue weighted by molar-refractivity contribution is -0.150. The minimum atomic E-state index is -0.961. The van der Waals surface area contributed by atoms with Gasteiger partial charge in [0.1, 0.15) is 0 Å². The second-order valence-corrected chi connectivity index (χ2v) is 7.13. The van der Waals surface area contributed by atoms with Crippen LogP contribution in [0.5, 0.6) is 0 Å². The largest absolute Gasteiger partial charge is 0.481 e. The van der Waals surface area contributed by atoms with Gasteiger partial charge in [0.2, 0.25) is 11.8 Å². The number of morpholine rings is 1. The summed E-state index contributed by atoms with van der Waals surface area (Å²) in [5.41, 5.74) is 0.819. The molecule has 1 aromatic rings. The highest BCUT2D eigenvalue weighted by Gasteiger charge is 2.45. The first-order chi connectivity index (χ1) is 12.4. The van der Waals surface area contributed by atoms with Crippen molar-refractivity contribution in [2.75, 3.05) is 26.7 Å². The molecule has 3 rings (SSSR count). The van der Waals surface area contributed by atoms with Crippen molar-refractivity contribution in [3.63, 3.8) is 0 Å². The summed E-state index contributed by atoms with van der Waals surface area (Å²) in [4.78, 5) is 39.5. The minimum Gasteiger partial charge on any atom is -0.481 e. The highest BCUT2D eigenvalue weighted by molar-refractivity contribution is 6.30. The van der Waals surface area contributed by atoms with Gasteiger partial charge in [-0.1, -0.05) is 23.7 Å². The van der Waals surface area contributed by atoms with Crippen LogP contribution in [-0.4, -0.2) is 65.5 Å². The van der Waals surface area contributed by atoms with Crippen molar-refractivity contribution in [2.24, 2.45) is 5.92 Å². The van der Waals surface area contributed by atoms with Crippen molar-refractivity contribution in [1.29, 1.82) is 0 Å². The Morgan fingerprint density at radius 3 is 2.85 bits per heavy atom. The molecule has 3 atom stereocenters. The fraction of sp³-hybridized carbons (Fsp3) is 0.500. The molecule has 26 heavy (non-hydrogen) atoms. The van der Waals surface area contributed by atoms with E-state index < -0.39 is 18.0 Å². The molecule has 0 aliphatic carbocycles. The first-order valence-corrected chi connectivity index (χ1v) is 8.88. The quantitative estimate of drug-likeness (QED) is 0.856. The van der Waals surface area contributed by atoms with Crippen LogP contribution in [0.3, 0.4) is 0 Å². The smallest absolute Gasteiger partial charge is 0.306 e. The lowest BCUT2D eigenvalue weighted by Gasteiger charge is -2.35. The van der Waals surface area contributed by atoms with E-state index in [4.69, 9.17) is 21.4 Å². The van der Waals surface area contributed by atoms with Crippen LogP contribution in [-0.2, 0) is 19.1 Å². The van der Waals surface area contributed by atoms with E-state index in [0.29, 0.717) is 18.2 Å². The lowest BCUT2D eigenvalue weighted by atomic mass is 9.92. The maximum Gasteiger partial charge on any atom is 0.306 e. The van der Waals surface area contributed by atoms with Crippen molar-refractivity contribution < 1.29 is 24.2 Å². The van der Waals surface area contributed by atoms with Gasteiger partial charge in [0.05, 0.1) is 31.1 Å². The second-order valence-electron chi connectivity index (χ2n) is 6.69. The Morgan fingerprint density at radius 1 is 1.38 bits per heavy atom. The Kier molecular flexibility index (Phi) is 5.48. The van der Waals surface area contributed by atoms with Crippen LogP contribution in [0.4, 0.5) is 0 Å². The third-order valence-corrected chi connectivity index (χ3v) is 5.18. The lowest BCUT2D eigenvalue weighted by Crippen LogP contribution is -2.49. The second kappa shape index (κ2) is 7.63. The van der Waals surface area contributed by atoms with Gasteiger partial charge in [-0.05, 0) is 17.7 Å². The van der Waals surface area contributed by atoms with Gasteiger partial charge in [-0.3, -0.25) is 14.4 Å². The molecule has 0 bridgehead atoms. The monoisotopic (exact) mass is 380 g/mol. The molecule has 1 aromatic carbocycles. The number of ether oxygens (including phenoxy) is 1. The number of nitrogens with zero attached hydrogens (tertiary/aromatic N) is 2. The number of aliphatic carboxylic acids is 1. The van der Waals surface area contributed by atoms with E-state index in [1.807, 2.05) is 6.07 Å². The number of carboxylic acid groups (broad SMARTS) is 1. The highest BCUT2D eigenvalue weighted by atomic mass is 35.5. The first kappa shape index (κ1) is 18.7. The van der Waals surface area contributed by atoms with Crippen LogP contribution in [0.1, 0.15) is 24.4 Å². The molecule has 2 aliphatic rings. The molecule has 0 spiro atoms. The van der Waals surface area contributed by atoms with Crippen molar-refractivity contribution in [3.05, 3.63) is 34.9 Å². The Bertz CT molecular complexity index is 725. The first-order valence-electron chi connectivity index (χ1n) is 8.50.